The van der Waals surface area contributed by atoms with Crippen LogP contribution >= 0.6 is 22.9 Å². The zero-order valence-electron chi connectivity index (χ0n) is 14.7. The molecule has 27 heavy (non-hydrogen) atoms. The summed E-state index contributed by atoms with van der Waals surface area (Å²) in [4.78, 5) is 19.9. The maximum Gasteiger partial charge on any atom is 0.434 e. The topological polar surface area (TPSA) is 79.1 Å². The van der Waals surface area contributed by atoms with Crippen molar-refractivity contribution in [3.63, 3.8) is 0 Å². The second-order valence-corrected chi connectivity index (χ2v) is 7.74. The summed E-state index contributed by atoms with van der Waals surface area (Å²) in [5, 5.41) is 8.87. The van der Waals surface area contributed by atoms with Crippen LogP contribution in [0.25, 0.3) is 10.4 Å². The van der Waals surface area contributed by atoms with Gasteiger partial charge in [-0.3, -0.25) is 4.90 Å². The van der Waals surface area contributed by atoms with Crippen LogP contribution in [0.3, 0.4) is 0 Å². The fourth-order valence-electron chi connectivity index (χ4n) is 1.94. The Labute approximate surface area is 162 Å². The Kier molecular flexibility index (Phi) is 5.68. The Hall–Kier alpha value is -2.38. The van der Waals surface area contributed by atoms with Gasteiger partial charge in [-0.05, 0) is 26.8 Å². The lowest BCUT2D eigenvalue weighted by molar-refractivity contribution is -0.140. The van der Waals surface area contributed by atoms with Crippen LogP contribution < -0.4 is 4.90 Å². The zero-order chi connectivity index (χ0) is 20.6. The molecule has 6 nitrogen and oxygen atoms in total. The summed E-state index contributed by atoms with van der Waals surface area (Å²) in [5.41, 5.74) is -2.21. The fraction of sp³-hybridized carbons (Fsp3) is 0.375. The van der Waals surface area contributed by atoms with Crippen LogP contribution in [0.15, 0.2) is 12.3 Å². The van der Waals surface area contributed by atoms with E-state index < -0.39 is 23.6 Å². The number of hydrogen-bond donors (Lipinski definition) is 0. The number of nitriles is 1. The van der Waals surface area contributed by atoms with E-state index in [-0.39, 0.29) is 26.3 Å². The average molecular weight is 419 g/mol. The number of aromatic nitrogens is 2. The van der Waals surface area contributed by atoms with Gasteiger partial charge in [-0.15, -0.1) is 0 Å². The van der Waals surface area contributed by atoms with E-state index in [1.54, 1.807) is 26.8 Å². The number of anilines is 1. The smallest absolute Gasteiger partial charge is 0.434 e. The molecule has 1 amide bonds. The molecular formula is C16H14ClF3N4O2S. The average Bonchev–Trinajstić information content (AvgIpc) is 2.97. The predicted octanol–water partition coefficient (Wildman–Crippen LogP) is 5.12. The number of carbonyl (C=O) groups is 1. The summed E-state index contributed by atoms with van der Waals surface area (Å²) < 4.78 is 45.6. The first-order chi connectivity index (χ1) is 12.3. The molecule has 0 bridgehead atoms. The first-order valence-corrected chi connectivity index (χ1v) is 8.63. The highest BCUT2D eigenvalue weighted by molar-refractivity contribution is 7.19. The molecule has 0 aliphatic rings. The molecule has 0 saturated carbocycles. The van der Waals surface area contributed by atoms with Crippen molar-refractivity contribution in [1.82, 2.24) is 9.97 Å². The summed E-state index contributed by atoms with van der Waals surface area (Å²) in [6, 6.07) is 2.93. The van der Waals surface area contributed by atoms with Gasteiger partial charge in [0.15, 0.2) is 10.8 Å². The third-order valence-electron chi connectivity index (χ3n) is 3.07. The molecule has 11 heteroatoms. The maximum absolute atomic E-state index is 13.5. The maximum atomic E-state index is 13.5. The quantitative estimate of drug-likeness (QED) is 0.632. The Morgan fingerprint density at radius 3 is 2.52 bits per heavy atom. The third kappa shape index (κ3) is 4.87. The minimum atomic E-state index is -4.80. The summed E-state index contributed by atoms with van der Waals surface area (Å²) in [6.07, 6.45) is -4.58. The molecular weight excluding hydrogens is 405 g/mol. The van der Waals surface area contributed by atoms with E-state index in [1.807, 2.05) is 0 Å². The molecule has 0 N–H and O–H groups in total. The van der Waals surface area contributed by atoms with Crippen LogP contribution in [0.1, 0.15) is 32.0 Å². The van der Waals surface area contributed by atoms with Crippen molar-refractivity contribution in [3.05, 3.63) is 28.7 Å². The largest absolute Gasteiger partial charge is 0.443 e. The lowest BCUT2D eigenvalue weighted by Gasteiger charge is -2.23. The van der Waals surface area contributed by atoms with Crippen LogP contribution in [-0.4, -0.2) is 28.7 Å². The predicted molar refractivity (Wildman–Crippen MR) is 94.7 cm³/mol. The molecule has 144 valence electrons. The van der Waals surface area contributed by atoms with Gasteiger partial charge in [-0.1, -0.05) is 22.9 Å². The van der Waals surface area contributed by atoms with Gasteiger partial charge in [-0.2, -0.15) is 18.4 Å². The standard InChI is InChI=1S/C16H14ClF3N4O2S/c1-15(2,3)26-14(25)24(4)13-23-12(16(18,19)20)11(27-13)9-5-10(17)22-7-8(9)6-21/h5,7H,1-4H3. The molecule has 2 aromatic rings. The van der Waals surface area contributed by atoms with Gasteiger partial charge in [0.05, 0.1) is 10.4 Å². The number of carbonyl (C=O) groups excluding carboxylic acids is 1. The molecule has 0 aliphatic carbocycles. The molecule has 2 heterocycles. The molecule has 0 saturated heterocycles. The molecule has 0 radical (unpaired) electrons. The molecule has 2 aromatic heterocycles. The number of alkyl halides is 3. The number of hydrogen-bond acceptors (Lipinski definition) is 6. The number of pyridine rings is 1. The van der Waals surface area contributed by atoms with Gasteiger partial charge < -0.3 is 4.74 Å². The summed E-state index contributed by atoms with van der Waals surface area (Å²) in [6.45, 7) is 4.89. The van der Waals surface area contributed by atoms with E-state index in [1.165, 1.54) is 7.05 Å². The van der Waals surface area contributed by atoms with E-state index in [4.69, 9.17) is 16.3 Å². The van der Waals surface area contributed by atoms with Gasteiger partial charge in [0.2, 0.25) is 0 Å². The highest BCUT2D eigenvalue weighted by Gasteiger charge is 2.39. The van der Waals surface area contributed by atoms with Crippen molar-refractivity contribution in [2.24, 2.45) is 0 Å². The number of thiazole rings is 1. The van der Waals surface area contributed by atoms with Crippen LogP contribution in [0, 0.1) is 11.3 Å². The van der Waals surface area contributed by atoms with E-state index in [0.29, 0.717) is 11.3 Å². The first-order valence-electron chi connectivity index (χ1n) is 7.44. The number of amides is 1. The molecule has 0 spiro atoms. The minimum Gasteiger partial charge on any atom is -0.443 e. The molecule has 0 unspecified atom stereocenters. The SMILES string of the molecule is CN(C(=O)OC(C)(C)C)c1nc(C(F)(F)F)c(-c2cc(Cl)ncc2C#N)s1. The van der Waals surface area contributed by atoms with E-state index in [9.17, 15) is 23.2 Å². The highest BCUT2D eigenvalue weighted by atomic mass is 35.5. The Bertz CT molecular complexity index is 916. The number of rotatable bonds is 2. The number of ether oxygens (including phenoxy) is 1. The van der Waals surface area contributed by atoms with Crippen molar-refractivity contribution in [1.29, 1.82) is 5.26 Å². The van der Waals surface area contributed by atoms with Gasteiger partial charge in [0, 0.05) is 18.8 Å². The zero-order valence-corrected chi connectivity index (χ0v) is 16.3. The second kappa shape index (κ2) is 7.32. The summed E-state index contributed by atoms with van der Waals surface area (Å²) in [7, 11) is 1.25. The van der Waals surface area contributed by atoms with Crippen LogP contribution in [0.2, 0.25) is 5.15 Å². The van der Waals surface area contributed by atoms with E-state index >= 15 is 0 Å². The lowest BCUT2D eigenvalue weighted by atomic mass is 10.1. The van der Waals surface area contributed by atoms with Crippen molar-refractivity contribution >= 4 is 34.2 Å². The summed E-state index contributed by atoms with van der Waals surface area (Å²) in [5.74, 6) is 0. The van der Waals surface area contributed by atoms with Crippen molar-refractivity contribution in [3.8, 4) is 16.5 Å². The van der Waals surface area contributed by atoms with E-state index in [2.05, 4.69) is 9.97 Å². The van der Waals surface area contributed by atoms with Crippen molar-refractivity contribution in [2.45, 2.75) is 32.5 Å². The Morgan fingerprint density at radius 1 is 1.37 bits per heavy atom. The molecule has 0 fully saturated rings. The van der Waals surface area contributed by atoms with E-state index in [0.717, 1.165) is 17.2 Å². The van der Waals surface area contributed by atoms with Crippen molar-refractivity contribution < 1.29 is 22.7 Å². The minimum absolute atomic E-state index is 0.0637. The van der Waals surface area contributed by atoms with Crippen LogP contribution in [-0.2, 0) is 10.9 Å². The normalized spacial score (nSPS) is 11.8. The second-order valence-electron chi connectivity index (χ2n) is 6.38. The monoisotopic (exact) mass is 418 g/mol. The molecule has 2 rings (SSSR count). The van der Waals surface area contributed by atoms with Crippen LogP contribution in [0.4, 0.5) is 23.1 Å². The Balaban J connectivity index is 2.59. The number of halogens is 4. The number of nitrogens with zero attached hydrogens (tertiary/aromatic N) is 4. The Morgan fingerprint density at radius 2 is 2.00 bits per heavy atom. The highest BCUT2D eigenvalue weighted by Crippen LogP contribution is 2.44. The molecule has 0 aromatic carbocycles. The van der Waals surface area contributed by atoms with Crippen molar-refractivity contribution in [2.75, 3.05) is 11.9 Å². The van der Waals surface area contributed by atoms with Gasteiger partial charge >= 0.3 is 12.3 Å². The molecule has 0 atom stereocenters. The lowest BCUT2D eigenvalue weighted by Crippen LogP contribution is -2.34. The summed E-state index contributed by atoms with van der Waals surface area (Å²) >= 11 is 6.38. The third-order valence-corrected chi connectivity index (χ3v) is 4.45. The fourth-order valence-corrected chi connectivity index (χ4v) is 3.17. The van der Waals surface area contributed by atoms with Gasteiger partial charge in [0.25, 0.3) is 0 Å². The van der Waals surface area contributed by atoms with Gasteiger partial charge in [-0.25, -0.2) is 14.8 Å². The van der Waals surface area contributed by atoms with Crippen LogP contribution in [0.5, 0.6) is 0 Å². The first kappa shape index (κ1) is 20.9. The molecule has 0 aliphatic heterocycles. The van der Waals surface area contributed by atoms with Gasteiger partial charge in [0.1, 0.15) is 16.8 Å².